The molecule has 0 unspecified atom stereocenters. The molecular weight excluding hydrogens is 265 g/mol. The van der Waals surface area contributed by atoms with Gasteiger partial charge in [-0.25, -0.2) is 0 Å². The predicted molar refractivity (Wildman–Crippen MR) is 57.2 cm³/mol. The molecule has 0 aromatic carbocycles. The number of halogens is 1. The van der Waals surface area contributed by atoms with Crippen molar-refractivity contribution >= 4 is 22.6 Å². The fraction of sp³-hybridized carbons (Fsp3) is 0.444. The Morgan fingerprint density at radius 2 is 2.33 bits per heavy atom. The molecule has 66 valence electrons. The lowest BCUT2D eigenvalue weighted by molar-refractivity contribution is 0.150. The van der Waals surface area contributed by atoms with E-state index in [1.165, 1.54) is 3.57 Å². The summed E-state index contributed by atoms with van der Waals surface area (Å²) in [5.74, 6) is 0. The molecule has 0 saturated carbocycles. The molecule has 2 nitrogen and oxygen atoms in total. The molecule has 0 aliphatic rings. The standard InChI is InChI=1S/C9H12INO/c1-2-12-6-5-9-4-3-8(10)7-11-9/h3-4,7H,2,5-6H2,1H3. The Hall–Kier alpha value is -0.160. The van der Waals surface area contributed by atoms with E-state index in [1.54, 1.807) is 0 Å². The van der Waals surface area contributed by atoms with Crippen LogP contribution >= 0.6 is 22.6 Å². The zero-order valence-corrected chi connectivity index (χ0v) is 9.24. The van der Waals surface area contributed by atoms with Crippen molar-refractivity contribution in [3.63, 3.8) is 0 Å². The maximum Gasteiger partial charge on any atom is 0.0521 e. The highest BCUT2D eigenvalue weighted by molar-refractivity contribution is 14.1. The van der Waals surface area contributed by atoms with Crippen LogP contribution < -0.4 is 0 Å². The molecule has 0 amide bonds. The van der Waals surface area contributed by atoms with Gasteiger partial charge >= 0.3 is 0 Å². The molecular formula is C9H12INO. The Morgan fingerprint density at radius 3 is 2.92 bits per heavy atom. The van der Waals surface area contributed by atoms with E-state index in [4.69, 9.17) is 4.74 Å². The van der Waals surface area contributed by atoms with Crippen molar-refractivity contribution in [2.24, 2.45) is 0 Å². The van der Waals surface area contributed by atoms with Crippen molar-refractivity contribution in [1.82, 2.24) is 4.98 Å². The quantitative estimate of drug-likeness (QED) is 0.622. The summed E-state index contributed by atoms with van der Waals surface area (Å²) >= 11 is 2.25. The summed E-state index contributed by atoms with van der Waals surface area (Å²) in [6.45, 7) is 3.55. The minimum absolute atomic E-state index is 0.768. The second-order valence-electron chi connectivity index (χ2n) is 2.41. The Labute approximate surface area is 86.5 Å². The first-order valence-corrected chi connectivity index (χ1v) is 5.09. The first-order valence-electron chi connectivity index (χ1n) is 4.01. The van der Waals surface area contributed by atoms with E-state index in [1.807, 2.05) is 19.2 Å². The van der Waals surface area contributed by atoms with Gasteiger partial charge in [-0.15, -0.1) is 0 Å². The second-order valence-corrected chi connectivity index (χ2v) is 3.66. The average molecular weight is 277 g/mol. The van der Waals surface area contributed by atoms with Gasteiger partial charge in [-0.3, -0.25) is 4.98 Å². The summed E-state index contributed by atoms with van der Waals surface area (Å²) in [5.41, 5.74) is 1.10. The van der Waals surface area contributed by atoms with Gasteiger partial charge in [0.15, 0.2) is 0 Å². The van der Waals surface area contributed by atoms with Crippen LogP contribution in [0.1, 0.15) is 12.6 Å². The number of pyridine rings is 1. The maximum atomic E-state index is 5.23. The highest BCUT2D eigenvalue weighted by Gasteiger charge is 1.93. The zero-order chi connectivity index (χ0) is 8.81. The SMILES string of the molecule is CCOCCc1ccc(I)cn1. The lowest BCUT2D eigenvalue weighted by Crippen LogP contribution is -1.99. The third-order valence-corrected chi connectivity index (χ3v) is 2.13. The molecule has 0 N–H and O–H groups in total. The second kappa shape index (κ2) is 5.48. The Morgan fingerprint density at radius 1 is 1.50 bits per heavy atom. The van der Waals surface area contributed by atoms with Crippen LogP contribution in [0.3, 0.4) is 0 Å². The molecule has 0 radical (unpaired) electrons. The number of ether oxygens (including phenoxy) is 1. The van der Waals surface area contributed by atoms with E-state index in [0.29, 0.717) is 0 Å². The van der Waals surface area contributed by atoms with Gasteiger partial charge in [-0.1, -0.05) is 0 Å². The van der Waals surface area contributed by atoms with Crippen LogP contribution in [-0.4, -0.2) is 18.2 Å². The van der Waals surface area contributed by atoms with Crippen molar-refractivity contribution in [2.75, 3.05) is 13.2 Å². The molecule has 0 atom stereocenters. The van der Waals surface area contributed by atoms with Gasteiger partial charge in [0, 0.05) is 28.5 Å². The highest BCUT2D eigenvalue weighted by atomic mass is 127. The fourth-order valence-electron chi connectivity index (χ4n) is 0.875. The smallest absolute Gasteiger partial charge is 0.0521 e. The van der Waals surface area contributed by atoms with Crippen LogP contribution in [0.5, 0.6) is 0 Å². The lowest BCUT2D eigenvalue weighted by atomic mass is 10.3. The summed E-state index contributed by atoms with van der Waals surface area (Å²) in [5, 5.41) is 0. The van der Waals surface area contributed by atoms with E-state index < -0.39 is 0 Å². The number of rotatable bonds is 4. The summed E-state index contributed by atoms with van der Waals surface area (Å²) < 4.78 is 6.40. The monoisotopic (exact) mass is 277 g/mol. The summed E-state index contributed by atoms with van der Waals surface area (Å²) in [7, 11) is 0. The zero-order valence-electron chi connectivity index (χ0n) is 7.09. The molecule has 0 saturated heterocycles. The van der Waals surface area contributed by atoms with Crippen LogP contribution in [0, 0.1) is 3.57 Å². The van der Waals surface area contributed by atoms with Gasteiger partial charge < -0.3 is 4.74 Å². The molecule has 1 aromatic heterocycles. The highest BCUT2D eigenvalue weighted by Crippen LogP contribution is 2.03. The molecule has 0 bridgehead atoms. The molecule has 12 heavy (non-hydrogen) atoms. The van der Waals surface area contributed by atoms with Crippen molar-refractivity contribution in [2.45, 2.75) is 13.3 Å². The Kier molecular flexibility index (Phi) is 4.53. The van der Waals surface area contributed by atoms with Gasteiger partial charge in [0.1, 0.15) is 0 Å². The number of hydrogen-bond acceptors (Lipinski definition) is 2. The van der Waals surface area contributed by atoms with Crippen molar-refractivity contribution in [3.05, 3.63) is 27.6 Å². The van der Waals surface area contributed by atoms with Gasteiger partial charge in [0.05, 0.1) is 6.61 Å². The maximum absolute atomic E-state index is 5.23. The van der Waals surface area contributed by atoms with Crippen LogP contribution in [0.25, 0.3) is 0 Å². The summed E-state index contributed by atoms with van der Waals surface area (Å²) in [4.78, 5) is 4.26. The third kappa shape index (κ3) is 3.49. The fourth-order valence-corrected chi connectivity index (χ4v) is 1.19. The Bertz CT molecular complexity index is 222. The predicted octanol–water partition coefficient (Wildman–Crippen LogP) is 2.27. The molecule has 0 aliphatic heterocycles. The molecule has 1 aromatic rings. The van der Waals surface area contributed by atoms with E-state index in [2.05, 4.69) is 33.6 Å². The van der Waals surface area contributed by atoms with Crippen molar-refractivity contribution in [1.29, 1.82) is 0 Å². The van der Waals surface area contributed by atoms with E-state index >= 15 is 0 Å². The number of nitrogens with zero attached hydrogens (tertiary/aromatic N) is 1. The van der Waals surface area contributed by atoms with Gasteiger partial charge in [0.25, 0.3) is 0 Å². The van der Waals surface area contributed by atoms with E-state index in [-0.39, 0.29) is 0 Å². The average Bonchev–Trinajstić information content (AvgIpc) is 2.09. The van der Waals surface area contributed by atoms with Crippen molar-refractivity contribution in [3.8, 4) is 0 Å². The minimum atomic E-state index is 0.768. The summed E-state index contributed by atoms with van der Waals surface area (Å²) in [6.07, 6.45) is 2.78. The van der Waals surface area contributed by atoms with Gasteiger partial charge in [-0.2, -0.15) is 0 Å². The first-order chi connectivity index (χ1) is 5.83. The van der Waals surface area contributed by atoms with Crippen molar-refractivity contribution < 1.29 is 4.74 Å². The molecule has 1 heterocycles. The molecule has 3 heteroatoms. The largest absolute Gasteiger partial charge is 0.381 e. The van der Waals surface area contributed by atoms with E-state index in [9.17, 15) is 0 Å². The van der Waals surface area contributed by atoms with Crippen LogP contribution in [0.2, 0.25) is 0 Å². The lowest BCUT2D eigenvalue weighted by Gasteiger charge is -2.00. The van der Waals surface area contributed by atoms with Gasteiger partial charge in [-0.05, 0) is 41.6 Å². The van der Waals surface area contributed by atoms with Crippen LogP contribution in [-0.2, 0) is 11.2 Å². The Balaban J connectivity index is 2.37. The molecule has 0 spiro atoms. The van der Waals surface area contributed by atoms with Gasteiger partial charge in [0.2, 0.25) is 0 Å². The van der Waals surface area contributed by atoms with E-state index in [0.717, 1.165) is 25.3 Å². The van der Waals surface area contributed by atoms with Crippen LogP contribution in [0.4, 0.5) is 0 Å². The number of aromatic nitrogens is 1. The number of hydrogen-bond donors (Lipinski definition) is 0. The first kappa shape index (κ1) is 9.92. The third-order valence-electron chi connectivity index (χ3n) is 1.50. The molecule has 0 fully saturated rings. The molecule has 1 rings (SSSR count). The summed E-state index contributed by atoms with van der Waals surface area (Å²) in [6, 6.07) is 4.11. The minimum Gasteiger partial charge on any atom is -0.381 e. The topological polar surface area (TPSA) is 22.1 Å². The van der Waals surface area contributed by atoms with Crippen LogP contribution in [0.15, 0.2) is 18.3 Å². The molecule has 0 aliphatic carbocycles. The normalized spacial score (nSPS) is 10.2.